The monoisotopic (exact) mass is 399 g/mol. The molecule has 1 unspecified atom stereocenters. The van der Waals surface area contributed by atoms with Crippen molar-refractivity contribution in [3.05, 3.63) is 89.4 Å². The molecule has 0 bridgehead atoms. The Labute approximate surface area is 172 Å². The van der Waals surface area contributed by atoms with E-state index in [2.05, 4.69) is 10.4 Å². The lowest BCUT2D eigenvalue weighted by atomic mass is 9.84. The van der Waals surface area contributed by atoms with Crippen molar-refractivity contribution < 1.29 is 14.0 Å². The van der Waals surface area contributed by atoms with Gasteiger partial charge in [0.1, 0.15) is 11.6 Å². The number of hydrogen-bond donors (Lipinski definition) is 1. The van der Waals surface area contributed by atoms with Crippen molar-refractivity contribution in [1.82, 2.24) is 9.78 Å². The molecule has 5 rings (SSSR count). The number of Topliss-reactive ketones (excluding diaryl/α,β-unsaturated/α-hetero) is 1. The first-order chi connectivity index (χ1) is 14.5. The molecule has 1 aliphatic heterocycles. The van der Waals surface area contributed by atoms with Crippen LogP contribution in [0.3, 0.4) is 0 Å². The predicted molar refractivity (Wildman–Crippen MR) is 113 cm³/mol. The van der Waals surface area contributed by atoms with E-state index in [0.717, 1.165) is 10.8 Å². The first-order valence-electron chi connectivity index (χ1n) is 9.70. The standard InChI is InChI=1S/C24H18FN3O2/c1-14-22-20(23(30)19-11-4-7-15-6-2-3-10-18(15)19)13-21(29)26-24(22)28(27-14)17-9-5-8-16(25)12-17/h2-12,20H,13H2,1H3,(H,26,29). The molecule has 1 aliphatic rings. The van der Waals surface area contributed by atoms with E-state index >= 15 is 0 Å². The van der Waals surface area contributed by atoms with Gasteiger partial charge in [-0.1, -0.05) is 48.5 Å². The molecule has 30 heavy (non-hydrogen) atoms. The minimum absolute atomic E-state index is 0.0464. The van der Waals surface area contributed by atoms with Crippen LogP contribution in [-0.2, 0) is 4.79 Å². The Hall–Kier alpha value is -3.80. The number of ketones is 1. The van der Waals surface area contributed by atoms with Crippen LogP contribution in [0.4, 0.5) is 10.2 Å². The summed E-state index contributed by atoms with van der Waals surface area (Å²) < 4.78 is 15.3. The second-order valence-electron chi connectivity index (χ2n) is 7.44. The van der Waals surface area contributed by atoms with Crippen LogP contribution in [-0.4, -0.2) is 21.5 Å². The molecule has 1 N–H and O–H groups in total. The molecule has 1 amide bonds. The van der Waals surface area contributed by atoms with Gasteiger partial charge in [-0.05, 0) is 35.9 Å². The van der Waals surface area contributed by atoms with Crippen LogP contribution in [0.15, 0.2) is 66.7 Å². The van der Waals surface area contributed by atoms with Gasteiger partial charge in [-0.2, -0.15) is 5.10 Å². The number of halogens is 1. The zero-order chi connectivity index (χ0) is 20.8. The van der Waals surface area contributed by atoms with Gasteiger partial charge in [-0.15, -0.1) is 0 Å². The maximum Gasteiger partial charge on any atom is 0.226 e. The first-order valence-corrected chi connectivity index (χ1v) is 9.70. The van der Waals surface area contributed by atoms with Crippen molar-refractivity contribution >= 4 is 28.3 Å². The van der Waals surface area contributed by atoms with Crippen LogP contribution in [0.1, 0.15) is 34.0 Å². The summed E-state index contributed by atoms with van der Waals surface area (Å²) in [6, 6.07) is 19.3. The lowest BCUT2D eigenvalue weighted by Crippen LogP contribution is -2.28. The summed E-state index contributed by atoms with van der Waals surface area (Å²) in [7, 11) is 0. The predicted octanol–water partition coefficient (Wildman–Crippen LogP) is 4.78. The molecule has 5 nitrogen and oxygen atoms in total. The molecular formula is C24H18FN3O2. The van der Waals surface area contributed by atoms with Gasteiger partial charge in [0.15, 0.2) is 5.78 Å². The smallest absolute Gasteiger partial charge is 0.226 e. The quantitative estimate of drug-likeness (QED) is 0.504. The van der Waals surface area contributed by atoms with Gasteiger partial charge in [0, 0.05) is 17.5 Å². The minimum Gasteiger partial charge on any atom is -0.310 e. The Kier molecular flexibility index (Phi) is 4.20. The average Bonchev–Trinajstić information content (AvgIpc) is 3.08. The van der Waals surface area contributed by atoms with Gasteiger partial charge < -0.3 is 5.32 Å². The topological polar surface area (TPSA) is 64.0 Å². The van der Waals surface area contributed by atoms with Gasteiger partial charge in [0.2, 0.25) is 5.91 Å². The van der Waals surface area contributed by atoms with Gasteiger partial charge in [-0.3, -0.25) is 9.59 Å². The summed E-state index contributed by atoms with van der Waals surface area (Å²) in [5, 5.41) is 9.16. The highest BCUT2D eigenvalue weighted by Crippen LogP contribution is 2.39. The second kappa shape index (κ2) is 6.91. The zero-order valence-electron chi connectivity index (χ0n) is 16.2. The van der Waals surface area contributed by atoms with E-state index in [1.165, 1.54) is 16.8 Å². The molecule has 0 fully saturated rings. The molecule has 0 saturated carbocycles. The molecule has 4 aromatic rings. The molecular weight excluding hydrogens is 381 g/mol. The number of benzene rings is 3. The first kappa shape index (κ1) is 18.2. The molecule has 3 aromatic carbocycles. The Morgan fingerprint density at radius 3 is 2.70 bits per heavy atom. The number of aromatic nitrogens is 2. The summed E-state index contributed by atoms with van der Waals surface area (Å²) in [6.07, 6.45) is 0.0464. The highest BCUT2D eigenvalue weighted by molar-refractivity contribution is 6.14. The lowest BCUT2D eigenvalue weighted by Gasteiger charge is -2.23. The van der Waals surface area contributed by atoms with Gasteiger partial charge in [0.25, 0.3) is 0 Å². The largest absolute Gasteiger partial charge is 0.310 e. The van der Waals surface area contributed by atoms with Crippen LogP contribution in [0, 0.1) is 12.7 Å². The number of amides is 1. The minimum atomic E-state index is -0.651. The van der Waals surface area contributed by atoms with Gasteiger partial charge in [-0.25, -0.2) is 9.07 Å². The molecule has 0 spiro atoms. The SMILES string of the molecule is Cc1nn(-c2cccc(F)c2)c2c1C(C(=O)c1cccc3ccccc13)CC(=O)N2. The summed E-state index contributed by atoms with van der Waals surface area (Å²) >= 11 is 0. The molecule has 6 heteroatoms. The van der Waals surface area contributed by atoms with Crippen LogP contribution >= 0.6 is 0 Å². The summed E-state index contributed by atoms with van der Waals surface area (Å²) in [5.41, 5.74) is 2.37. The maximum absolute atomic E-state index is 13.8. The van der Waals surface area contributed by atoms with E-state index in [4.69, 9.17) is 0 Å². The highest BCUT2D eigenvalue weighted by atomic mass is 19.1. The average molecular weight is 399 g/mol. The van der Waals surface area contributed by atoms with E-state index in [1.807, 2.05) is 36.4 Å². The number of carbonyl (C=O) groups is 2. The van der Waals surface area contributed by atoms with Crippen molar-refractivity contribution in [2.45, 2.75) is 19.3 Å². The Balaban J connectivity index is 1.66. The van der Waals surface area contributed by atoms with E-state index in [1.54, 1.807) is 25.1 Å². The Morgan fingerprint density at radius 1 is 1.10 bits per heavy atom. The third-order valence-electron chi connectivity index (χ3n) is 5.53. The highest BCUT2D eigenvalue weighted by Gasteiger charge is 2.36. The van der Waals surface area contributed by atoms with Crippen LogP contribution in [0.5, 0.6) is 0 Å². The van der Waals surface area contributed by atoms with Gasteiger partial charge >= 0.3 is 0 Å². The van der Waals surface area contributed by atoms with Crippen molar-refractivity contribution in [2.75, 3.05) is 5.32 Å². The lowest BCUT2D eigenvalue weighted by molar-refractivity contribution is -0.116. The molecule has 1 aromatic heterocycles. The number of nitrogens with zero attached hydrogens (tertiary/aromatic N) is 2. The number of anilines is 1. The Morgan fingerprint density at radius 2 is 1.87 bits per heavy atom. The van der Waals surface area contributed by atoms with Crippen LogP contribution in [0.25, 0.3) is 16.5 Å². The van der Waals surface area contributed by atoms with Crippen molar-refractivity contribution in [3.8, 4) is 5.69 Å². The zero-order valence-corrected chi connectivity index (χ0v) is 16.2. The van der Waals surface area contributed by atoms with E-state index in [0.29, 0.717) is 28.3 Å². The van der Waals surface area contributed by atoms with E-state index < -0.39 is 11.7 Å². The summed E-state index contributed by atoms with van der Waals surface area (Å²) in [4.78, 5) is 26.1. The third-order valence-corrected chi connectivity index (χ3v) is 5.53. The number of carbonyl (C=O) groups excluding carboxylic acids is 2. The number of aryl methyl sites for hydroxylation is 1. The molecule has 0 radical (unpaired) electrons. The van der Waals surface area contributed by atoms with Crippen LogP contribution in [0.2, 0.25) is 0 Å². The van der Waals surface area contributed by atoms with Gasteiger partial charge in [0.05, 0.1) is 17.3 Å². The van der Waals surface area contributed by atoms with Crippen LogP contribution < -0.4 is 5.32 Å². The fourth-order valence-corrected chi connectivity index (χ4v) is 4.19. The number of nitrogens with one attached hydrogen (secondary N) is 1. The number of hydrogen-bond acceptors (Lipinski definition) is 3. The van der Waals surface area contributed by atoms with E-state index in [-0.39, 0.29) is 18.1 Å². The molecule has 2 heterocycles. The molecule has 0 saturated heterocycles. The summed E-state index contributed by atoms with van der Waals surface area (Å²) in [6.45, 7) is 1.80. The fraction of sp³-hybridized carbons (Fsp3) is 0.125. The van der Waals surface area contributed by atoms with Crippen molar-refractivity contribution in [2.24, 2.45) is 0 Å². The number of rotatable bonds is 3. The molecule has 0 aliphatic carbocycles. The summed E-state index contributed by atoms with van der Waals surface area (Å²) in [5.74, 6) is -1.02. The molecule has 1 atom stereocenters. The number of fused-ring (bicyclic) bond motifs is 2. The normalized spacial score (nSPS) is 15.7. The Bertz CT molecular complexity index is 1320. The third kappa shape index (κ3) is 2.88. The van der Waals surface area contributed by atoms with Crippen molar-refractivity contribution in [3.63, 3.8) is 0 Å². The maximum atomic E-state index is 13.8. The fourth-order valence-electron chi connectivity index (χ4n) is 4.19. The molecule has 148 valence electrons. The van der Waals surface area contributed by atoms with Crippen molar-refractivity contribution in [1.29, 1.82) is 0 Å². The second-order valence-corrected chi connectivity index (χ2v) is 7.44. The van der Waals surface area contributed by atoms with E-state index in [9.17, 15) is 14.0 Å².